The number of carbonyl (C=O) groups is 1. The van der Waals surface area contributed by atoms with Gasteiger partial charge in [-0.3, -0.25) is 4.79 Å². The number of nitrogens with zero attached hydrogens (tertiary/aromatic N) is 1. The van der Waals surface area contributed by atoms with Crippen LogP contribution in [-0.4, -0.2) is 10.9 Å². The maximum absolute atomic E-state index is 12.3. The molecule has 1 amide bonds. The molecule has 0 saturated carbocycles. The van der Waals surface area contributed by atoms with Gasteiger partial charge < -0.3 is 9.73 Å². The van der Waals surface area contributed by atoms with E-state index in [0.29, 0.717) is 11.5 Å². The van der Waals surface area contributed by atoms with Crippen LogP contribution in [0.2, 0.25) is 0 Å². The number of nitrogens with one attached hydrogen (secondary N) is 1. The van der Waals surface area contributed by atoms with Gasteiger partial charge in [0.25, 0.3) is 0 Å². The highest BCUT2D eigenvalue weighted by molar-refractivity contribution is 6.04. The zero-order valence-corrected chi connectivity index (χ0v) is 13.9. The highest BCUT2D eigenvalue weighted by Crippen LogP contribution is 2.27. The molecule has 0 radical (unpaired) electrons. The molecule has 1 aromatic heterocycles. The Balaban J connectivity index is 1.53. The molecule has 4 aromatic rings. The zero-order chi connectivity index (χ0) is 17.8. The average molecular weight is 340 g/mol. The molecule has 0 atom stereocenters. The van der Waals surface area contributed by atoms with Crippen molar-refractivity contribution in [2.45, 2.75) is 0 Å². The average Bonchev–Trinajstić information content (AvgIpc) is 3.11. The number of hydrogen-bond acceptors (Lipinski definition) is 3. The van der Waals surface area contributed by atoms with Crippen LogP contribution in [0.15, 0.2) is 89.4 Å². The minimum Gasteiger partial charge on any atom is -0.437 e. The summed E-state index contributed by atoms with van der Waals surface area (Å²) >= 11 is 0. The summed E-state index contributed by atoms with van der Waals surface area (Å²) in [5.41, 5.74) is 4.23. The Labute approximate surface area is 150 Å². The monoisotopic (exact) mass is 340 g/mol. The number of anilines is 1. The molecule has 26 heavy (non-hydrogen) atoms. The van der Waals surface area contributed by atoms with Gasteiger partial charge in [0.15, 0.2) is 5.58 Å². The standard InChI is InChI=1S/C22H16N2O2/c25-21(14-15-22-24-19-12-6-7-13-20(19)26-22)23-18-11-5-4-10-17(18)16-8-2-1-3-9-16/h1-15H,(H,23,25)/b15-14+. The molecule has 4 rings (SSSR count). The fraction of sp³-hybridized carbons (Fsp3) is 0. The summed E-state index contributed by atoms with van der Waals surface area (Å²) in [5.74, 6) is 0.160. The molecular formula is C22H16N2O2. The van der Waals surface area contributed by atoms with E-state index >= 15 is 0 Å². The van der Waals surface area contributed by atoms with Crippen LogP contribution < -0.4 is 5.32 Å². The number of hydrogen-bond donors (Lipinski definition) is 1. The first-order chi connectivity index (χ1) is 12.8. The Kier molecular flexibility index (Phi) is 4.31. The van der Waals surface area contributed by atoms with Gasteiger partial charge in [0.05, 0.1) is 0 Å². The molecule has 1 heterocycles. The molecule has 0 spiro atoms. The summed E-state index contributed by atoms with van der Waals surface area (Å²) in [7, 11) is 0. The van der Waals surface area contributed by atoms with Gasteiger partial charge in [-0.05, 0) is 23.8 Å². The molecule has 1 N–H and O–H groups in total. The minimum atomic E-state index is -0.240. The van der Waals surface area contributed by atoms with E-state index in [2.05, 4.69) is 10.3 Å². The lowest BCUT2D eigenvalue weighted by Crippen LogP contribution is -2.08. The van der Waals surface area contributed by atoms with Crippen LogP contribution in [-0.2, 0) is 4.79 Å². The van der Waals surface area contributed by atoms with Crippen LogP contribution >= 0.6 is 0 Å². The molecular weight excluding hydrogens is 324 g/mol. The van der Waals surface area contributed by atoms with E-state index in [0.717, 1.165) is 22.3 Å². The van der Waals surface area contributed by atoms with Gasteiger partial charge >= 0.3 is 0 Å². The minimum absolute atomic E-state index is 0.240. The third-order valence-corrected chi connectivity index (χ3v) is 3.96. The van der Waals surface area contributed by atoms with Crippen molar-refractivity contribution in [2.24, 2.45) is 0 Å². The molecule has 0 fully saturated rings. The Hall–Kier alpha value is -3.66. The van der Waals surface area contributed by atoms with Gasteiger partial charge in [-0.15, -0.1) is 0 Å². The summed E-state index contributed by atoms with van der Waals surface area (Å²) in [6.07, 6.45) is 2.99. The fourth-order valence-electron chi connectivity index (χ4n) is 2.74. The van der Waals surface area contributed by atoms with Crippen molar-refractivity contribution in [3.8, 4) is 11.1 Å². The lowest BCUT2D eigenvalue weighted by molar-refractivity contribution is -0.111. The van der Waals surface area contributed by atoms with Gasteiger partial charge in [-0.1, -0.05) is 60.7 Å². The Morgan fingerprint density at radius 3 is 2.46 bits per heavy atom. The van der Waals surface area contributed by atoms with Crippen LogP contribution in [0.1, 0.15) is 5.89 Å². The van der Waals surface area contributed by atoms with Crippen molar-refractivity contribution < 1.29 is 9.21 Å². The van der Waals surface area contributed by atoms with Crippen LogP contribution in [0.4, 0.5) is 5.69 Å². The fourth-order valence-corrected chi connectivity index (χ4v) is 2.74. The summed E-state index contributed by atoms with van der Waals surface area (Å²) < 4.78 is 5.58. The van der Waals surface area contributed by atoms with Gasteiger partial charge in [0, 0.05) is 23.4 Å². The lowest BCUT2D eigenvalue weighted by Gasteiger charge is -2.09. The first-order valence-corrected chi connectivity index (χ1v) is 8.29. The van der Waals surface area contributed by atoms with E-state index < -0.39 is 0 Å². The lowest BCUT2D eigenvalue weighted by atomic mass is 10.0. The maximum atomic E-state index is 12.3. The number of aromatic nitrogens is 1. The first-order valence-electron chi connectivity index (χ1n) is 8.29. The third-order valence-electron chi connectivity index (χ3n) is 3.96. The molecule has 0 aliphatic rings. The number of rotatable bonds is 4. The van der Waals surface area contributed by atoms with Gasteiger partial charge in [0.2, 0.25) is 11.8 Å². The summed E-state index contributed by atoms with van der Waals surface area (Å²) in [5, 5.41) is 2.92. The smallest absolute Gasteiger partial charge is 0.248 e. The summed E-state index contributed by atoms with van der Waals surface area (Å²) in [6.45, 7) is 0. The van der Waals surface area contributed by atoms with E-state index in [9.17, 15) is 4.79 Å². The van der Waals surface area contributed by atoms with Gasteiger partial charge in [-0.2, -0.15) is 0 Å². The molecule has 0 unspecified atom stereocenters. The Morgan fingerprint density at radius 1 is 0.885 bits per heavy atom. The zero-order valence-electron chi connectivity index (χ0n) is 13.9. The van der Waals surface area contributed by atoms with Gasteiger partial charge in [0.1, 0.15) is 5.52 Å². The van der Waals surface area contributed by atoms with E-state index in [-0.39, 0.29) is 5.91 Å². The van der Waals surface area contributed by atoms with Crippen LogP contribution in [0.5, 0.6) is 0 Å². The second-order valence-electron chi connectivity index (χ2n) is 5.75. The van der Waals surface area contributed by atoms with Crippen LogP contribution in [0, 0.1) is 0 Å². The number of carbonyl (C=O) groups excluding carboxylic acids is 1. The molecule has 0 saturated heterocycles. The van der Waals surface area contributed by atoms with E-state index in [4.69, 9.17) is 4.42 Å². The predicted molar refractivity (Wildman–Crippen MR) is 104 cm³/mol. The highest BCUT2D eigenvalue weighted by atomic mass is 16.3. The second kappa shape index (κ2) is 7.07. The van der Waals surface area contributed by atoms with Crippen molar-refractivity contribution in [1.29, 1.82) is 0 Å². The Morgan fingerprint density at radius 2 is 1.62 bits per heavy atom. The number of oxazole rings is 1. The van der Waals surface area contributed by atoms with Crippen molar-refractivity contribution in [3.05, 3.63) is 90.8 Å². The molecule has 0 aliphatic heterocycles. The predicted octanol–water partition coefficient (Wildman–Crippen LogP) is 5.15. The van der Waals surface area contributed by atoms with Crippen molar-refractivity contribution in [3.63, 3.8) is 0 Å². The summed E-state index contributed by atoms with van der Waals surface area (Å²) in [6, 6.07) is 25.1. The quantitative estimate of drug-likeness (QED) is 0.523. The molecule has 126 valence electrons. The van der Waals surface area contributed by atoms with Crippen molar-refractivity contribution >= 4 is 28.8 Å². The summed E-state index contributed by atoms with van der Waals surface area (Å²) in [4.78, 5) is 16.6. The highest BCUT2D eigenvalue weighted by Gasteiger charge is 2.07. The maximum Gasteiger partial charge on any atom is 0.248 e. The van der Waals surface area contributed by atoms with Crippen LogP contribution in [0.3, 0.4) is 0 Å². The van der Waals surface area contributed by atoms with Crippen molar-refractivity contribution in [2.75, 3.05) is 5.32 Å². The Bertz CT molecular complexity index is 1050. The normalized spacial score (nSPS) is 11.1. The number of para-hydroxylation sites is 3. The van der Waals surface area contributed by atoms with Gasteiger partial charge in [-0.25, -0.2) is 4.98 Å². The molecule has 0 aliphatic carbocycles. The number of fused-ring (bicyclic) bond motifs is 1. The molecule has 3 aromatic carbocycles. The second-order valence-corrected chi connectivity index (χ2v) is 5.75. The number of benzene rings is 3. The number of amides is 1. The molecule has 0 bridgehead atoms. The van der Waals surface area contributed by atoms with Crippen molar-refractivity contribution in [1.82, 2.24) is 4.98 Å². The van der Waals surface area contributed by atoms with E-state index in [1.54, 1.807) is 6.08 Å². The molecule has 4 nitrogen and oxygen atoms in total. The van der Waals surface area contributed by atoms with E-state index in [1.807, 2.05) is 78.9 Å². The largest absolute Gasteiger partial charge is 0.437 e. The topological polar surface area (TPSA) is 55.1 Å². The third kappa shape index (κ3) is 3.39. The first kappa shape index (κ1) is 15.8. The van der Waals surface area contributed by atoms with Crippen LogP contribution in [0.25, 0.3) is 28.3 Å². The SMILES string of the molecule is O=C(/C=C/c1nc2ccccc2o1)Nc1ccccc1-c1ccccc1. The molecule has 4 heteroatoms. The van der Waals surface area contributed by atoms with E-state index in [1.165, 1.54) is 6.08 Å².